The zero-order chi connectivity index (χ0) is 20.5. The second-order valence-corrected chi connectivity index (χ2v) is 6.46. The van der Waals surface area contributed by atoms with Gasteiger partial charge in [0.15, 0.2) is 6.61 Å². The van der Waals surface area contributed by atoms with Gasteiger partial charge in [0.1, 0.15) is 5.75 Å². The topological polar surface area (TPSA) is 114 Å². The normalized spacial score (nSPS) is 12.6. The summed E-state index contributed by atoms with van der Waals surface area (Å²) in [6.07, 6.45) is 1.85. The molecule has 0 saturated heterocycles. The van der Waals surface area contributed by atoms with E-state index in [-0.39, 0.29) is 37.4 Å². The molecule has 0 radical (unpaired) electrons. The average molecular weight is 391 g/mol. The number of hydrogen-bond donors (Lipinski definition) is 2. The summed E-state index contributed by atoms with van der Waals surface area (Å²) in [5.41, 5.74) is 0.361. The highest BCUT2D eigenvalue weighted by Gasteiger charge is 2.24. The Balaban J connectivity index is 1.64. The first kappa shape index (κ1) is 21.2. The van der Waals surface area contributed by atoms with Crippen molar-refractivity contribution in [2.45, 2.75) is 25.3 Å². The number of ether oxygens (including phenoxy) is 2. The molecule has 1 aliphatic rings. The summed E-state index contributed by atoms with van der Waals surface area (Å²) < 4.78 is 10.0. The van der Waals surface area contributed by atoms with Crippen LogP contribution in [0.2, 0.25) is 0 Å². The highest BCUT2D eigenvalue weighted by molar-refractivity contribution is 5.97. The third kappa shape index (κ3) is 6.90. The second-order valence-electron chi connectivity index (χ2n) is 6.46. The molecule has 9 heteroatoms. The smallest absolute Gasteiger partial charge is 0.308 e. The third-order valence-electron chi connectivity index (χ3n) is 4.07. The molecule has 1 saturated carbocycles. The van der Waals surface area contributed by atoms with Gasteiger partial charge in [0, 0.05) is 19.6 Å². The molecule has 0 spiro atoms. The fourth-order valence-corrected chi connectivity index (χ4v) is 2.33. The number of hydrogen-bond acceptors (Lipinski definition) is 6. The first-order valence-corrected chi connectivity index (χ1v) is 9.01. The summed E-state index contributed by atoms with van der Waals surface area (Å²) in [4.78, 5) is 48.6. The van der Waals surface area contributed by atoms with Crippen LogP contribution in [0.5, 0.6) is 5.75 Å². The lowest BCUT2D eigenvalue weighted by Gasteiger charge is -2.16. The zero-order valence-corrected chi connectivity index (χ0v) is 16.0. The van der Waals surface area contributed by atoms with Gasteiger partial charge in [-0.3, -0.25) is 19.2 Å². The van der Waals surface area contributed by atoms with E-state index in [9.17, 15) is 19.2 Å². The van der Waals surface area contributed by atoms with Gasteiger partial charge in [-0.2, -0.15) is 0 Å². The number of para-hydroxylation sites is 1. The molecule has 1 fully saturated rings. The van der Waals surface area contributed by atoms with Crippen molar-refractivity contribution in [3.63, 3.8) is 0 Å². The monoisotopic (exact) mass is 391 g/mol. The predicted molar refractivity (Wildman–Crippen MR) is 99.7 cm³/mol. The van der Waals surface area contributed by atoms with Gasteiger partial charge in [-0.25, -0.2) is 0 Å². The molecule has 1 aliphatic carbocycles. The van der Waals surface area contributed by atoms with Crippen LogP contribution in [0.3, 0.4) is 0 Å². The van der Waals surface area contributed by atoms with E-state index in [2.05, 4.69) is 10.6 Å². The number of nitrogens with zero attached hydrogens (tertiary/aromatic N) is 1. The highest BCUT2D eigenvalue weighted by Crippen LogP contribution is 2.18. The van der Waals surface area contributed by atoms with Gasteiger partial charge in [0.25, 0.3) is 11.8 Å². The summed E-state index contributed by atoms with van der Waals surface area (Å²) in [7, 11) is 2.93. The predicted octanol–water partition coefficient (Wildman–Crippen LogP) is 0.0953. The molecule has 28 heavy (non-hydrogen) atoms. The lowest BCUT2D eigenvalue weighted by molar-refractivity contribution is -0.151. The van der Waals surface area contributed by atoms with Crippen molar-refractivity contribution < 1.29 is 28.7 Å². The van der Waals surface area contributed by atoms with E-state index in [1.807, 2.05) is 0 Å². The van der Waals surface area contributed by atoms with Crippen molar-refractivity contribution in [1.82, 2.24) is 15.5 Å². The molecular weight excluding hydrogens is 366 g/mol. The molecule has 0 unspecified atom stereocenters. The summed E-state index contributed by atoms with van der Waals surface area (Å²) in [5.74, 6) is -1.27. The number of benzene rings is 1. The number of rotatable bonds is 10. The number of nitrogens with one attached hydrogen (secondary N) is 2. The summed E-state index contributed by atoms with van der Waals surface area (Å²) >= 11 is 0. The second kappa shape index (κ2) is 10.3. The van der Waals surface area contributed by atoms with E-state index in [0.29, 0.717) is 11.3 Å². The minimum absolute atomic E-state index is 0.0591. The first-order valence-electron chi connectivity index (χ1n) is 9.01. The maximum Gasteiger partial charge on any atom is 0.308 e. The molecule has 0 aromatic heterocycles. The standard InChI is InChI=1S/C19H25N3O6/c1-22(11-16(23)21-13-7-8-13)17(24)12-28-18(25)9-10-20-19(26)14-5-3-4-6-15(14)27-2/h3-6,13H,7-12H2,1-2H3,(H,20,26)(H,21,23). The van der Waals surface area contributed by atoms with Crippen molar-refractivity contribution in [1.29, 1.82) is 0 Å². The van der Waals surface area contributed by atoms with Crippen LogP contribution in [0.1, 0.15) is 29.6 Å². The van der Waals surface area contributed by atoms with E-state index >= 15 is 0 Å². The lowest BCUT2D eigenvalue weighted by atomic mass is 10.2. The minimum Gasteiger partial charge on any atom is -0.496 e. The van der Waals surface area contributed by atoms with Gasteiger partial charge < -0.3 is 25.0 Å². The van der Waals surface area contributed by atoms with Gasteiger partial charge in [-0.15, -0.1) is 0 Å². The number of methoxy groups -OCH3 is 1. The zero-order valence-electron chi connectivity index (χ0n) is 16.0. The Morgan fingerprint density at radius 1 is 1.18 bits per heavy atom. The van der Waals surface area contributed by atoms with Crippen LogP contribution in [0.4, 0.5) is 0 Å². The van der Waals surface area contributed by atoms with E-state index in [0.717, 1.165) is 12.8 Å². The van der Waals surface area contributed by atoms with E-state index < -0.39 is 18.5 Å². The third-order valence-corrected chi connectivity index (χ3v) is 4.07. The van der Waals surface area contributed by atoms with Crippen molar-refractivity contribution in [3.8, 4) is 5.75 Å². The molecule has 1 aromatic carbocycles. The minimum atomic E-state index is -0.621. The first-order chi connectivity index (χ1) is 13.4. The Hall–Kier alpha value is -3.10. The molecule has 2 N–H and O–H groups in total. The van der Waals surface area contributed by atoms with E-state index in [4.69, 9.17) is 9.47 Å². The Morgan fingerprint density at radius 2 is 1.89 bits per heavy atom. The van der Waals surface area contributed by atoms with Gasteiger partial charge in [-0.05, 0) is 25.0 Å². The van der Waals surface area contributed by atoms with Crippen LogP contribution in [-0.4, -0.2) is 68.5 Å². The Kier molecular flexibility index (Phi) is 7.79. The Morgan fingerprint density at radius 3 is 2.57 bits per heavy atom. The number of carbonyl (C=O) groups is 4. The van der Waals surface area contributed by atoms with Crippen LogP contribution in [0.25, 0.3) is 0 Å². The molecule has 0 atom stereocenters. The SMILES string of the molecule is COc1ccccc1C(=O)NCCC(=O)OCC(=O)N(C)CC(=O)NC1CC1. The van der Waals surface area contributed by atoms with Gasteiger partial charge in [-0.1, -0.05) is 12.1 Å². The quantitative estimate of drug-likeness (QED) is 0.547. The molecule has 3 amide bonds. The van der Waals surface area contributed by atoms with E-state index in [1.165, 1.54) is 19.1 Å². The lowest BCUT2D eigenvalue weighted by Crippen LogP contribution is -2.40. The van der Waals surface area contributed by atoms with Crippen molar-refractivity contribution in [2.75, 3.05) is 33.9 Å². The van der Waals surface area contributed by atoms with E-state index in [1.54, 1.807) is 24.3 Å². The highest BCUT2D eigenvalue weighted by atomic mass is 16.5. The van der Waals surface area contributed by atoms with Crippen molar-refractivity contribution in [3.05, 3.63) is 29.8 Å². The van der Waals surface area contributed by atoms with Crippen LogP contribution < -0.4 is 15.4 Å². The molecule has 1 aromatic rings. The number of esters is 1. The van der Waals surface area contributed by atoms with Crippen molar-refractivity contribution in [2.24, 2.45) is 0 Å². The molecule has 0 heterocycles. The summed E-state index contributed by atoms with van der Waals surface area (Å²) in [5, 5.41) is 5.37. The molecule has 0 bridgehead atoms. The maximum atomic E-state index is 12.1. The number of amides is 3. The molecule has 0 aliphatic heterocycles. The number of carbonyl (C=O) groups excluding carboxylic acids is 4. The average Bonchev–Trinajstić information content (AvgIpc) is 3.49. The fraction of sp³-hybridized carbons (Fsp3) is 0.474. The van der Waals surface area contributed by atoms with Crippen LogP contribution in [0, 0.1) is 0 Å². The molecular formula is C19H25N3O6. The molecule has 152 valence electrons. The number of likely N-dealkylation sites (N-methyl/N-ethyl adjacent to an activating group) is 1. The molecule has 9 nitrogen and oxygen atoms in total. The van der Waals surface area contributed by atoms with Crippen LogP contribution >= 0.6 is 0 Å². The van der Waals surface area contributed by atoms with Crippen molar-refractivity contribution >= 4 is 23.7 Å². The van der Waals surface area contributed by atoms with Gasteiger partial charge in [0.2, 0.25) is 5.91 Å². The molecule has 2 rings (SSSR count). The summed E-state index contributed by atoms with van der Waals surface area (Å²) in [6, 6.07) is 6.95. The van der Waals surface area contributed by atoms with Crippen LogP contribution in [-0.2, 0) is 19.1 Å². The maximum absolute atomic E-state index is 12.1. The van der Waals surface area contributed by atoms with Gasteiger partial charge in [0.05, 0.1) is 25.6 Å². The Bertz CT molecular complexity index is 732. The van der Waals surface area contributed by atoms with Crippen LogP contribution in [0.15, 0.2) is 24.3 Å². The van der Waals surface area contributed by atoms with Gasteiger partial charge >= 0.3 is 5.97 Å². The summed E-state index contributed by atoms with van der Waals surface area (Å²) in [6.45, 7) is -0.474. The largest absolute Gasteiger partial charge is 0.496 e. The fourth-order valence-electron chi connectivity index (χ4n) is 2.33. The Labute approximate surface area is 163 Å².